The van der Waals surface area contributed by atoms with Crippen molar-refractivity contribution in [3.8, 4) is 0 Å². The molecule has 4 fully saturated rings. The molecule has 3 heteroatoms. The largest absolute Gasteiger partial charge is 0.356 e. The summed E-state index contributed by atoms with van der Waals surface area (Å²) in [6.45, 7) is 5.83. The summed E-state index contributed by atoms with van der Waals surface area (Å²) in [6, 6.07) is 0. The van der Waals surface area contributed by atoms with Crippen molar-refractivity contribution >= 4 is 28.5 Å². The maximum Gasteiger partial charge on any atom is 0.220 e. The Bertz CT molecular complexity index is 390. The third-order valence-electron chi connectivity index (χ3n) is 5.91. The van der Waals surface area contributed by atoms with Crippen LogP contribution < -0.4 is 5.32 Å². The van der Waals surface area contributed by atoms with Gasteiger partial charge in [-0.3, -0.25) is 4.79 Å². The minimum absolute atomic E-state index is 0.309. The van der Waals surface area contributed by atoms with Gasteiger partial charge in [0.2, 0.25) is 5.91 Å². The second-order valence-electron chi connectivity index (χ2n) is 8.70. The summed E-state index contributed by atoms with van der Waals surface area (Å²) in [6.07, 6.45) is 10.0. The minimum Gasteiger partial charge on any atom is -0.356 e. The molecule has 0 aromatic rings. The van der Waals surface area contributed by atoms with Crippen molar-refractivity contribution in [2.24, 2.45) is 22.2 Å². The van der Waals surface area contributed by atoms with Gasteiger partial charge in [0.25, 0.3) is 0 Å². The number of hydrogen-bond donors (Lipinski definition) is 1. The zero-order valence-corrected chi connectivity index (χ0v) is 15.1. The molecule has 4 aliphatic carbocycles. The predicted octanol–water partition coefficient (Wildman–Crippen LogP) is 4.31. The van der Waals surface area contributed by atoms with E-state index in [1.165, 1.54) is 38.5 Å². The first-order chi connectivity index (χ1) is 9.36. The first kappa shape index (κ1) is 15.1. The van der Waals surface area contributed by atoms with E-state index in [-0.39, 0.29) is 0 Å². The molecule has 20 heavy (non-hydrogen) atoms. The number of nitrogens with one attached hydrogen (secondary N) is 1. The molecule has 1 N–H and O–H groups in total. The first-order valence-corrected chi connectivity index (χ1v) is 9.71. The fourth-order valence-corrected chi connectivity index (χ4v) is 6.96. The van der Waals surface area contributed by atoms with E-state index < -0.39 is 0 Å². The molecule has 1 amide bonds. The van der Waals surface area contributed by atoms with E-state index in [1.807, 2.05) is 0 Å². The maximum atomic E-state index is 12.3. The zero-order valence-electron chi connectivity index (χ0n) is 12.9. The lowest BCUT2D eigenvalue weighted by atomic mass is 9.40. The standard InChI is InChI=1S/C17H28INO/c1-15-6-13-7-16(2,10-15)12-17(8-13,11-15)9-14(20)19-5-3-4-18/h13H,3-12H2,1-2H3,(H,19,20). The van der Waals surface area contributed by atoms with Crippen molar-refractivity contribution in [3.05, 3.63) is 0 Å². The number of alkyl halides is 1. The van der Waals surface area contributed by atoms with E-state index in [9.17, 15) is 4.79 Å². The van der Waals surface area contributed by atoms with Gasteiger partial charge in [0.15, 0.2) is 0 Å². The Hall–Kier alpha value is 0.200. The number of carbonyl (C=O) groups excluding carboxylic acids is 1. The summed E-state index contributed by atoms with van der Waals surface area (Å²) < 4.78 is 1.13. The van der Waals surface area contributed by atoms with Crippen LogP contribution in [-0.4, -0.2) is 16.9 Å². The van der Waals surface area contributed by atoms with Crippen LogP contribution in [0.15, 0.2) is 0 Å². The Kier molecular flexibility index (Phi) is 3.88. The van der Waals surface area contributed by atoms with Crippen molar-refractivity contribution in [2.75, 3.05) is 11.0 Å². The molecule has 4 aliphatic rings. The number of rotatable bonds is 5. The Morgan fingerprint density at radius 3 is 2.35 bits per heavy atom. The molecule has 0 spiro atoms. The number of halogens is 1. The van der Waals surface area contributed by atoms with Crippen LogP contribution >= 0.6 is 22.6 Å². The number of carbonyl (C=O) groups is 1. The zero-order chi connectivity index (χ0) is 14.4. The van der Waals surface area contributed by atoms with E-state index in [0.29, 0.717) is 22.2 Å². The number of hydrogen-bond acceptors (Lipinski definition) is 1. The summed E-state index contributed by atoms with van der Waals surface area (Å²) >= 11 is 2.37. The van der Waals surface area contributed by atoms with Crippen LogP contribution in [0.3, 0.4) is 0 Å². The molecular formula is C17H28INO. The van der Waals surface area contributed by atoms with E-state index in [0.717, 1.165) is 29.7 Å². The molecule has 0 saturated heterocycles. The Labute approximate surface area is 137 Å². The summed E-state index contributed by atoms with van der Waals surface area (Å²) in [5.41, 5.74) is 1.38. The van der Waals surface area contributed by atoms with Gasteiger partial charge in [-0.15, -0.1) is 0 Å². The van der Waals surface area contributed by atoms with Crippen molar-refractivity contribution in [3.63, 3.8) is 0 Å². The predicted molar refractivity (Wildman–Crippen MR) is 91.0 cm³/mol. The molecule has 4 bridgehead atoms. The summed E-state index contributed by atoms with van der Waals surface area (Å²) in [5, 5.41) is 3.14. The molecule has 2 nitrogen and oxygen atoms in total. The third kappa shape index (κ3) is 2.89. The van der Waals surface area contributed by atoms with Gasteiger partial charge in [-0.05, 0) is 67.1 Å². The highest BCUT2D eigenvalue weighted by atomic mass is 127. The quantitative estimate of drug-likeness (QED) is 0.424. The smallest absolute Gasteiger partial charge is 0.220 e. The van der Waals surface area contributed by atoms with Gasteiger partial charge in [-0.2, -0.15) is 0 Å². The van der Waals surface area contributed by atoms with Crippen LogP contribution in [0, 0.1) is 22.2 Å². The second-order valence-corrected chi connectivity index (χ2v) is 9.78. The van der Waals surface area contributed by atoms with Crippen LogP contribution in [0.2, 0.25) is 0 Å². The molecule has 0 aromatic carbocycles. The third-order valence-corrected chi connectivity index (χ3v) is 6.67. The second kappa shape index (κ2) is 5.13. The fourth-order valence-electron chi connectivity index (χ4n) is 6.58. The normalized spacial score (nSPS) is 45.6. The van der Waals surface area contributed by atoms with Crippen LogP contribution in [0.1, 0.15) is 65.2 Å². The Balaban J connectivity index is 1.68. The SMILES string of the molecule is CC12CC3CC(C)(C1)CC(CC(=O)NCCCI)(C3)C2. The van der Waals surface area contributed by atoms with Crippen LogP contribution in [0.5, 0.6) is 0 Å². The molecule has 0 aliphatic heterocycles. The van der Waals surface area contributed by atoms with Gasteiger partial charge in [-0.1, -0.05) is 36.4 Å². The maximum absolute atomic E-state index is 12.3. The summed E-state index contributed by atoms with van der Waals surface area (Å²) in [5.74, 6) is 1.20. The molecule has 0 radical (unpaired) electrons. The van der Waals surface area contributed by atoms with Crippen LogP contribution in [-0.2, 0) is 4.79 Å². The fraction of sp³-hybridized carbons (Fsp3) is 0.941. The molecule has 0 aromatic heterocycles. The van der Waals surface area contributed by atoms with E-state index in [1.54, 1.807) is 0 Å². The van der Waals surface area contributed by atoms with Gasteiger partial charge < -0.3 is 5.32 Å². The topological polar surface area (TPSA) is 29.1 Å². The lowest BCUT2D eigenvalue weighted by Gasteiger charge is -2.65. The molecule has 2 atom stereocenters. The average Bonchev–Trinajstić information content (AvgIpc) is 2.22. The van der Waals surface area contributed by atoms with Gasteiger partial charge in [0.1, 0.15) is 0 Å². The molecule has 0 heterocycles. The number of amides is 1. The van der Waals surface area contributed by atoms with Gasteiger partial charge in [-0.25, -0.2) is 0 Å². The highest BCUT2D eigenvalue weighted by Crippen LogP contribution is 2.70. The average molecular weight is 389 g/mol. The summed E-state index contributed by atoms with van der Waals surface area (Å²) in [7, 11) is 0. The van der Waals surface area contributed by atoms with Gasteiger partial charge in [0.05, 0.1) is 0 Å². The van der Waals surface area contributed by atoms with Gasteiger partial charge >= 0.3 is 0 Å². The van der Waals surface area contributed by atoms with Crippen molar-refractivity contribution in [2.45, 2.75) is 65.2 Å². The Morgan fingerprint density at radius 1 is 1.15 bits per heavy atom. The monoisotopic (exact) mass is 389 g/mol. The summed E-state index contributed by atoms with van der Waals surface area (Å²) in [4.78, 5) is 12.3. The van der Waals surface area contributed by atoms with E-state index in [4.69, 9.17) is 0 Å². The van der Waals surface area contributed by atoms with Crippen molar-refractivity contribution in [1.82, 2.24) is 5.32 Å². The molecule has 4 rings (SSSR count). The lowest BCUT2D eigenvalue weighted by molar-refractivity contribution is -0.156. The minimum atomic E-state index is 0.309. The lowest BCUT2D eigenvalue weighted by Crippen LogP contribution is -2.56. The van der Waals surface area contributed by atoms with Crippen molar-refractivity contribution < 1.29 is 4.79 Å². The molecule has 2 unspecified atom stereocenters. The van der Waals surface area contributed by atoms with E-state index in [2.05, 4.69) is 41.8 Å². The highest BCUT2D eigenvalue weighted by molar-refractivity contribution is 14.1. The molecular weight excluding hydrogens is 361 g/mol. The highest BCUT2D eigenvalue weighted by Gasteiger charge is 2.60. The molecule has 114 valence electrons. The van der Waals surface area contributed by atoms with Crippen molar-refractivity contribution in [1.29, 1.82) is 0 Å². The van der Waals surface area contributed by atoms with Crippen LogP contribution in [0.25, 0.3) is 0 Å². The van der Waals surface area contributed by atoms with Crippen LogP contribution in [0.4, 0.5) is 0 Å². The van der Waals surface area contributed by atoms with E-state index >= 15 is 0 Å². The molecule has 4 saturated carbocycles. The first-order valence-electron chi connectivity index (χ1n) is 8.19. The Morgan fingerprint density at radius 2 is 1.80 bits per heavy atom. The van der Waals surface area contributed by atoms with Gasteiger partial charge in [0, 0.05) is 17.4 Å².